The van der Waals surface area contributed by atoms with E-state index in [-0.39, 0.29) is 5.02 Å². The SMILES string of the molecule is CCNc1nc(C)nc(Oc2ccc(F)c(Cl)c2)c1C. The smallest absolute Gasteiger partial charge is 0.227 e. The van der Waals surface area contributed by atoms with Crippen LogP contribution in [0.4, 0.5) is 10.2 Å². The number of aryl methyl sites for hydroxylation is 1. The quantitative estimate of drug-likeness (QED) is 0.922. The first-order valence-electron chi connectivity index (χ1n) is 6.23. The van der Waals surface area contributed by atoms with E-state index >= 15 is 0 Å². The summed E-state index contributed by atoms with van der Waals surface area (Å²) in [4.78, 5) is 8.56. The Hall–Kier alpha value is -1.88. The number of anilines is 1. The number of nitrogens with one attached hydrogen (secondary N) is 1. The molecule has 6 heteroatoms. The van der Waals surface area contributed by atoms with Crippen molar-refractivity contribution in [2.45, 2.75) is 20.8 Å². The first-order valence-corrected chi connectivity index (χ1v) is 6.61. The molecule has 2 aromatic rings. The topological polar surface area (TPSA) is 47.0 Å². The zero-order valence-corrected chi connectivity index (χ0v) is 12.3. The Morgan fingerprint density at radius 3 is 2.70 bits per heavy atom. The van der Waals surface area contributed by atoms with Gasteiger partial charge < -0.3 is 10.1 Å². The molecule has 0 amide bonds. The van der Waals surface area contributed by atoms with Crippen molar-refractivity contribution in [2.24, 2.45) is 0 Å². The third-order valence-corrected chi connectivity index (χ3v) is 2.95. The predicted molar refractivity (Wildman–Crippen MR) is 77.2 cm³/mol. The molecule has 0 unspecified atom stereocenters. The predicted octanol–water partition coefficient (Wildman–Crippen LogP) is 4.11. The van der Waals surface area contributed by atoms with E-state index in [1.807, 2.05) is 13.8 Å². The summed E-state index contributed by atoms with van der Waals surface area (Å²) in [6.45, 7) is 6.37. The highest BCUT2D eigenvalue weighted by Gasteiger charge is 2.11. The largest absolute Gasteiger partial charge is 0.438 e. The number of aromatic nitrogens is 2. The second-order valence-electron chi connectivity index (χ2n) is 4.26. The third-order valence-electron chi connectivity index (χ3n) is 2.66. The minimum Gasteiger partial charge on any atom is -0.438 e. The van der Waals surface area contributed by atoms with Crippen molar-refractivity contribution in [3.8, 4) is 11.6 Å². The molecule has 0 saturated heterocycles. The summed E-state index contributed by atoms with van der Waals surface area (Å²) in [7, 11) is 0. The highest BCUT2D eigenvalue weighted by Crippen LogP contribution is 2.29. The molecule has 0 bridgehead atoms. The minimum absolute atomic E-state index is 0.0119. The van der Waals surface area contributed by atoms with Crippen LogP contribution in [-0.4, -0.2) is 16.5 Å². The molecule has 2 rings (SSSR count). The van der Waals surface area contributed by atoms with Crippen molar-refractivity contribution in [3.05, 3.63) is 40.4 Å². The van der Waals surface area contributed by atoms with Crippen LogP contribution in [0.25, 0.3) is 0 Å². The van der Waals surface area contributed by atoms with Crippen LogP contribution in [-0.2, 0) is 0 Å². The molecule has 106 valence electrons. The summed E-state index contributed by atoms with van der Waals surface area (Å²) in [5.74, 6) is 1.69. The van der Waals surface area contributed by atoms with Crippen LogP contribution in [0.2, 0.25) is 5.02 Å². The van der Waals surface area contributed by atoms with Gasteiger partial charge in [-0.1, -0.05) is 11.6 Å². The number of benzene rings is 1. The highest BCUT2D eigenvalue weighted by atomic mass is 35.5. The van der Waals surface area contributed by atoms with Gasteiger partial charge in [0, 0.05) is 12.6 Å². The molecule has 0 aliphatic carbocycles. The molecule has 0 saturated carbocycles. The van der Waals surface area contributed by atoms with Crippen LogP contribution in [0, 0.1) is 19.7 Å². The Balaban J connectivity index is 2.35. The molecule has 0 fully saturated rings. The maximum Gasteiger partial charge on any atom is 0.227 e. The van der Waals surface area contributed by atoms with E-state index in [2.05, 4.69) is 15.3 Å². The van der Waals surface area contributed by atoms with Crippen molar-refractivity contribution in [3.63, 3.8) is 0 Å². The van der Waals surface area contributed by atoms with Gasteiger partial charge in [0.15, 0.2) is 0 Å². The van der Waals surface area contributed by atoms with E-state index in [1.54, 1.807) is 6.92 Å². The van der Waals surface area contributed by atoms with Gasteiger partial charge in [-0.25, -0.2) is 9.37 Å². The van der Waals surface area contributed by atoms with E-state index in [1.165, 1.54) is 18.2 Å². The van der Waals surface area contributed by atoms with E-state index in [0.717, 1.165) is 17.9 Å². The lowest BCUT2D eigenvalue weighted by molar-refractivity contribution is 0.454. The Bertz CT molecular complexity index is 634. The number of nitrogens with zero attached hydrogens (tertiary/aromatic N) is 2. The fraction of sp³-hybridized carbons (Fsp3) is 0.286. The van der Waals surface area contributed by atoms with Crippen LogP contribution in [0.5, 0.6) is 11.6 Å². The van der Waals surface area contributed by atoms with Crippen LogP contribution < -0.4 is 10.1 Å². The summed E-state index contributed by atoms with van der Waals surface area (Å²) in [5, 5.41) is 3.16. The average molecular weight is 296 g/mol. The molecule has 0 aliphatic rings. The Labute approximate surface area is 122 Å². The van der Waals surface area contributed by atoms with E-state index in [9.17, 15) is 4.39 Å². The van der Waals surface area contributed by atoms with E-state index in [0.29, 0.717) is 17.5 Å². The normalized spacial score (nSPS) is 10.4. The summed E-state index contributed by atoms with van der Waals surface area (Å²) < 4.78 is 18.8. The molecule has 0 atom stereocenters. The lowest BCUT2D eigenvalue weighted by Gasteiger charge is -2.12. The Morgan fingerprint density at radius 2 is 2.05 bits per heavy atom. The Morgan fingerprint density at radius 1 is 1.30 bits per heavy atom. The Kier molecular flexibility index (Phi) is 4.39. The van der Waals surface area contributed by atoms with E-state index in [4.69, 9.17) is 16.3 Å². The number of rotatable bonds is 4. The van der Waals surface area contributed by atoms with Crippen LogP contribution in [0.1, 0.15) is 18.3 Å². The van der Waals surface area contributed by atoms with Crippen molar-refractivity contribution < 1.29 is 9.13 Å². The van der Waals surface area contributed by atoms with Gasteiger partial charge >= 0.3 is 0 Å². The van der Waals surface area contributed by atoms with Gasteiger partial charge in [-0.15, -0.1) is 0 Å². The fourth-order valence-corrected chi connectivity index (χ4v) is 1.86. The van der Waals surface area contributed by atoms with Crippen LogP contribution in [0.15, 0.2) is 18.2 Å². The number of ether oxygens (including phenoxy) is 1. The number of halogens is 2. The molecule has 1 heterocycles. The standard InChI is InChI=1S/C14H15ClFN3O/c1-4-17-13-8(2)14(19-9(3)18-13)20-10-5-6-12(16)11(15)7-10/h5-7H,4H2,1-3H3,(H,17,18,19). The molecule has 1 N–H and O–H groups in total. The van der Waals surface area contributed by atoms with Gasteiger partial charge in [0.05, 0.1) is 10.6 Å². The summed E-state index contributed by atoms with van der Waals surface area (Å²) in [5.41, 5.74) is 0.790. The zero-order valence-electron chi connectivity index (χ0n) is 11.5. The molecule has 0 aliphatic heterocycles. The third kappa shape index (κ3) is 3.17. The van der Waals surface area contributed by atoms with E-state index < -0.39 is 5.82 Å². The second-order valence-corrected chi connectivity index (χ2v) is 4.67. The number of hydrogen-bond acceptors (Lipinski definition) is 4. The fourth-order valence-electron chi connectivity index (χ4n) is 1.69. The first kappa shape index (κ1) is 14.5. The monoisotopic (exact) mass is 295 g/mol. The highest BCUT2D eigenvalue weighted by molar-refractivity contribution is 6.30. The van der Waals surface area contributed by atoms with Crippen LogP contribution >= 0.6 is 11.6 Å². The lowest BCUT2D eigenvalue weighted by Crippen LogP contribution is -2.06. The van der Waals surface area contributed by atoms with Crippen molar-refractivity contribution in [1.29, 1.82) is 0 Å². The summed E-state index contributed by atoms with van der Waals surface area (Å²) >= 11 is 5.73. The van der Waals surface area contributed by atoms with Crippen molar-refractivity contribution in [2.75, 3.05) is 11.9 Å². The zero-order chi connectivity index (χ0) is 14.7. The lowest BCUT2D eigenvalue weighted by atomic mass is 10.3. The van der Waals surface area contributed by atoms with Gasteiger partial charge in [0.1, 0.15) is 23.2 Å². The maximum atomic E-state index is 13.1. The molecule has 4 nitrogen and oxygen atoms in total. The molecular weight excluding hydrogens is 281 g/mol. The molecule has 1 aromatic heterocycles. The molecule has 0 spiro atoms. The molecule has 20 heavy (non-hydrogen) atoms. The molecule has 0 radical (unpaired) electrons. The summed E-state index contributed by atoms with van der Waals surface area (Å²) in [6, 6.07) is 4.18. The maximum absolute atomic E-state index is 13.1. The van der Waals surface area contributed by atoms with Gasteiger partial charge in [-0.2, -0.15) is 4.98 Å². The average Bonchev–Trinajstić information content (AvgIpc) is 2.39. The molecular formula is C14H15ClFN3O. The van der Waals surface area contributed by atoms with Gasteiger partial charge in [0.2, 0.25) is 5.88 Å². The first-order chi connectivity index (χ1) is 9.51. The molecule has 1 aromatic carbocycles. The second kappa shape index (κ2) is 6.05. The van der Waals surface area contributed by atoms with Crippen LogP contribution in [0.3, 0.4) is 0 Å². The van der Waals surface area contributed by atoms with Gasteiger partial charge in [0.25, 0.3) is 0 Å². The number of hydrogen-bond donors (Lipinski definition) is 1. The van der Waals surface area contributed by atoms with Crippen molar-refractivity contribution >= 4 is 17.4 Å². The minimum atomic E-state index is -0.483. The van der Waals surface area contributed by atoms with Gasteiger partial charge in [-0.05, 0) is 32.9 Å². The summed E-state index contributed by atoms with van der Waals surface area (Å²) in [6.07, 6.45) is 0. The van der Waals surface area contributed by atoms with Gasteiger partial charge in [-0.3, -0.25) is 0 Å². The van der Waals surface area contributed by atoms with Crippen molar-refractivity contribution in [1.82, 2.24) is 9.97 Å².